The Labute approximate surface area is 189 Å². The molecule has 0 saturated heterocycles. The van der Waals surface area contributed by atoms with Crippen LogP contribution < -0.4 is 15.0 Å². The molecule has 1 aromatic carbocycles. The van der Waals surface area contributed by atoms with Crippen molar-refractivity contribution in [3.63, 3.8) is 0 Å². The predicted octanol–water partition coefficient (Wildman–Crippen LogP) is 3.02. The Morgan fingerprint density at radius 3 is 2.55 bits per heavy atom. The van der Waals surface area contributed by atoms with Gasteiger partial charge in [0.1, 0.15) is 27.8 Å². The van der Waals surface area contributed by atoms with Crippen molar-refractivity contribution >= 4 is 15.8 Å². The SMILES string of the molecule is COc1ccc(-c2ccc(=O)n(-c3c(C)noc3C)n2)cc1S(=O)(=O)Nc1ncccc1C. The fourth-order valence-corrected chi connectivity index (χ4v) is 4.60. The zero-order valence-corrected chi connectivity index (χ0v) is 19.2. The molecule has 4 aromatic rings. The van der Waals surface area contributed by atoms with Gasteiger partial charge in [-0.05, 0) is 56.7 Å². The second-order valence-corrected chi connectivity index (χ2v) is 8.93. The quantitative estimate of drug-likeness (QED) is 0.458. The highest BCUT2D eigenvalue weighted by Gasteiger charge is 2.23. The number of nitrogens with zero attached hydrogens (tertiary/aromatic N) is 4. The molecule has 0 aliphatic carbocycles. The summed E-state index contributed by atoms with van der Waals surface area (Å²) in [7, 11) is -2.66. The monoisotopic (exact) mass is 467 g/mol. The first kappa shape index (κ1) is 22.2. The smallest absolute Gasteiger partial charge is 0.271 e. The number of hydrogen-bond donors (Lipinski definition) is 1. The van der Waals surface area contributed by atoms with Crippen molar-refractivity contribution < 1.29 is 17.7 Å². The molecular weight excluding hydrogens is 446 g/mol. The number of nitrogens with one attached hydrogen (secondary N) is 1. The van der Waals surface area contributed by atoms with Crippen LogP contribution in [0.5, 0.6) is 5.75 Å². The molecule has 0 unspecified atom stereocenters. The average molecular weight is 468 g/mol. The van der Waals surface area contributed by atoms with Crippen LogP contribution in [0.4, 0.5) is 5.82 Å². The first-order chi connectivity index (χ1) is 15.7. The molecule has 0 fully saturated rings. The minimum absolute atomic E-state index is 0.0931. The average Bonchev–Trinajstić information content (AvgIpc) is 3.13. The molecule has 0 aliphatic heterocycles. The molecule has 0 radical (unpaired) electrons. The zero-order chi connectivity index (χ0) is 23.8. The Kier molecular flexibility index (Phi) is 5.73. The molecule has 0 spiro atoms. The summed E-state index contributed by atoms with van der Waals surface area (Å²) in [6.07, 6.45) is 1.50. The van der Waals surface area contributed by atoms with Gasteiger partial charge in [-0.3, -0.25) is 9.52 Å². The lowest BCUT2D eigenvalue weighted by molar-refractivity contribution is 0.392. The van der Waals surface area contributed by atoms with E-state index in [1.807, 2.05) is 0 Å². The minimum Gasteiger partial charge on any atom is -0.495 e. The van der Waals surface area contributed by atoms with Crippen LogP contribution in [-0.2, 0) is 10.0 Å². The number of hydrogen-bond acceptors (Lipinski definition) is 8. The Morgan fingerprint density at radius 2 is 1.88 bits per heavy atom. The molecule has 0 amide bonds. The van der Waals surface area contributed by atoms with E-state index in [0.717, 1.165) is 0 Å². The fourth-order valence-electron chi connectivity index (χ4n) is 3.33. The van der Waals surface area contributed by atoms with Crippen molar-refractivity contribution in [1.29, 1.82) is 0 Å². The number of ether oxygens (including phenoxy) is 1. The van der Waals surface area contributed by atoms with E-state index in [1.54, 1.807) is 39.0 Å². The molecular formula is C22H21N5O5S. The second kappa shape index (κ2) is 8.51. The lowest BCUT2D eigenvalue weighted by Crippen LogP contribution is -2.21. The van der Waals surface area contributed by atoms with E-state index in [0.29, 0.717) is 34.0 Å². The van der Waals surface area contributed by atoms with Gasteiger partial charge >= 0.3 is 0 Å². The largest absolute Gasteiger partial charge is 0.495 e. The van der Waals surface area contributed by atoms with Gasteiger partial charge in [0.2, 0.25) is 0 Å². The van der Waals surface area contributed by atoms with Gasteiger partial charge in [0.15, 0.2) is 5.76 Å². The molecule has 170 valence electrons. The Balaban J connectivity index is 1.82. The third-order valence-corrected chi connectivity index (χ3v) is 6.36. The van der Waals surface area contributed by atoms with Crippen LogP contribution in [0.15, 0.2) is 62.9 Å². The molecule has 3 heterocycles. The number of anilines is 1. The van der Waals surface area contributed by atoms with Gasteiger partial charge in [-0.1, -0.05) is 11.2 Å². The summed E-state index contributed by atoms with van der Waals surface area (Å²) in [6.45, 7) is 5.13. The maximum Gasteiger partial charge on any atom is 0.271 e. The number of aromatic nitrogens is 4. The molecule has 0 atom stereocenters. The van der Waals surface area contributed by atoms with Crippen molar-refractivity contribution in [2.24, 2.45) is 0 Å². The Bertz CT molecular complexity index is 1490. The number of sulfonamides is 1. The number of rotatable bonds is 6. The maximum atomic E-state index is 13.2. The van der Waals surface area contributed by atoms with Gasteiger partial charge in [0.25, 0.3) is 15.6 Å². The van der Waals surface area contributed by atoms with E-state index in [4.69, 9.17) is 9.26 Å². The molecule has 0 bridgehead atoms. The molecule has 11 heteroatoms. The van der Waals surface area contributed by atoms with Crippen molar-refractivity contribution in [2.75, 3.05) is 11.8 Å². The van der Waals surface area contributed by atoms with Gasteiger partial charge in [-0.25, -0.2) is 13.4 Å². The topological polar surface area (TPSA) is 129 Å². The summed E-state index contributed by atoms with van der Waals surface area (Å²) in [5.41, 5.74) is 2.09. The summed E-state index contributed by atoms with van der Waals surface area (Å²) in [6, 6.07) is 11.0. The number of methoxy groups -OCH3 is 1. The third-order valence-electron chi connectivity index (χ3n) is 5.00. The molecule has 10 nitrogen and oxygen atoms in total. The van der Waals surface area contributed by atoms with E-state index >= 15 is 0 Å². The van der Waals surface area contributed by atoms with Gasteiger partial charge in [0, 0.05) is 17.8 Å². The lowest BCUT2D eigenvalue weighted by Gasteiger charge is -2.14. The van der Waals surface area contributed by atoms with Crippen molar-refractivity contribution in [2.45, 2.75) is 25.7 Å². The number of pyridine rings is 1. The van der Waals surface area contributed by atoms with E-state index in [2.05, 4.69) is 20.0 Å². The van der Waals surface area contributed by atoms with Crippen LogP contribution in [0, 0.1) is 20.8 Å². The van der Waals surface area contributed by atoms with Crippen molar-refractivity contribution in [1.82, 2.24) is 19.9 Å². The van der Waals surface area contributed by atoms with E-state index in [9.17, 15) is 13.2 Å². The fraction of sp³-hybridized carbons (Fsp3) is 0.182. The summed E-state index contributed by atoms with van der Waals surface area (Å²) in [5.74, 6) is 0.807. The number of aryl methyl sites for hydroxylation is 3. The normalized spacial score (nSPS) is 11.4. The van der Waals surface area contributed by atoms with Gasteiger partial charge in [-0.2, -0.15) is 9.78 Å². The third kappa shape index (κ3) is 4.22. The van der Waals surface area contributed by atoms with E-state index < -0.39 is 10.0 Å². The van der Waals surface area contributed by atoms with Gasteiger partial charge < -0.3 is 9.26 Å². The van der Waals surface area contributed by atoms with Gasteiger partial charge in [-0.15, -0.1) is 0 Å². The van der Waals surface area contributed by atoms with E-state index in [1.165, 1.54) is 42.3 Å². The first-order valence-corrected chi connectivity index (χ1v) is 11.4. The van der Waals surface area contributed by atoms with Crippen LogP contribution >= 0.6 is 0 Å². The van der Waals surface area contributed by atoms with Crippen molar-refractivity contribution in [3.8, 4) is 22.7 Å². The molecule has 33 heavy (non-hydrogen) atoms. The van der Waals surface area contributed by atoms with Crippen LogP contribution in [-0.4, -0.2) is 35.4 Å². The highest BCUT2D eigenvalue weighted by Crippen LogP contribution is 2.30. The first-order valence-electron chi connectivity index (χ1n) is 9.88. The van der Waals surface area contributed by atoms with E-state index in [-0.39, 0.29) is 22.0 Å². The highest BCUT2D eigenvalue weighted by molar-refractivity contribution is 7.92. The molecule has 1 N–H and O–H groups in total. The summed E-state index contributed by atoms with van der Waals surface area (Å²) in [5, 5.41) is 8.29. The van der Waals surface area contributed by atoms with Crippen molar-refractivity contribution in [3.05, 3.63) is 76.0 Å². The molecule has 0 saturated carbocycles. The van der Waals surface area contributed by atoms with Gasteiger partial charge in [0.05, 0.1) is 12.8 Å². The molecule has 4 rings (SSSR count). The molecule has 0 aliphatic rings. The summed E-state index contributed by atoms with van der Waals surface area (Å²) < 4.78 is 40.5. The zero-order valence-electron chi connectivity index (χ0n) is 18.4. The summed E-state index contributed by atoms with van der Waals surface area (Å²) in [4.78, 5) is 16.5. The van der Waals surface area contributed by atoms with Crippen LogP contribution in [0.2, 0.25) is 0 Å². The van der Waals surface area contributed by atoms with Crippen LogP contribution in [0.25, 0.3) is 16.9 Å². The molecule has 3 aromatic heterocycles. The minimum atomic E-state index is -4.04. The number of benzene rings is 1. The predicted molar refractivity (Wildman–Crippen MR) is 121 cm³/mol. The Hall–Kier alpha value is -3.99. The maximum absolute atomic E-state index is 13.2. The lowest BCUT2D eigenvalue weighted by atomic mass is 10.1. The van der Waals surface area contributed by atoms with Crippen LogP contribution in [0.1, 0.15) is 17.0 Å². The van der Waals surface area contributed by atoms with Crippen LogP contribution in [0.3, 0.4) is 0 Å². The standard InChI is InChI=1S/C22H21N5O5S/c1-13-6-5-11-23-22(13)26-33(29,30)19-12-16(7-9-18(19)31-4)17-8-10-20(28)27(24-17)21-14(2)25-32-15(21)3/h5-12H,1-4H3,(H,23,26). The Morgan fingerprint density at radius 1 is 1.09 bits per heavy atom. The highest BCUT2D eigenvalue weighted by atomic mass is 32.2. The summed E-state index contributed by atoms with van der Waals surface area (Å²) >= 11 is 0. The second-order valence-electron chi connectivity index (χ2n) is 7.28.